The Balaban J connectivity index is 1.50. The summed E-state index contributed by atoms with van der Waals surface area (Å²) in [5.74, 6) is 0.881. The molecule has 0 fully saturated rings. The number of thiazole rings is 1. The van der Waals surface area contributed by atoms with Crippen LogP contribution in [0.5, 0.6) is 5.75 Å². The Labute approximate surface area is 200 Å². The number of nitro benzene ring substituents is 1. The smallest absolute Gasteiger partial charge is 0.270 e. The zero-order chi connectivity index (χ0) is 22.7. The Morgan fingerprint density at radius 1 is 1.22 bits per heavy atom. The molecule has 0 saturated carbocycles. The highest BCUT2D eigenvalue weighted by molar-refractivity contribution is 9.10. The van der Waals surface area contributed by atoms with E-state index in [1.807, 2.05) is 36.4 Å². The summed E-state index contributed by atoms with van der Waals surface area (Å²) in [6.45, 7) is 0. The van der Waals surface area contributed by atoms with Crippen molar-refractivity contribution in [1.29, 1.82) is 0 Å². The van der Waals surface area contributed by atoms with Crippen LogP contribution in [0.3, 0.4) is 0 Å². The molecule has 7 nitrogen and oxygen atoms in total. The molecule has 4 aromatic rings. The molecule has 10 heteroatoms. The van der Waals surface area contributed by atoms with Crippen LogP contribution in [0, 0.1) is 10.1 Å². The van der Waals surface area contributed by atoms with Crippen molar-refractivity contribution in [3.05, 3.63) is 86.4 Å². The molecule has 0 unspecified atom stereocenters. The summed E-state index contributed by atoms with van der Waals surface area (Å²) in [4.78, 5) is 27.8. The fourth-order valence-corrected chi connectivity index (χ4v) is 5.57. The number of nitrogens with one attached hydrogen (secondary N) is 1. The number of benzene rings is 3. The second-order valence-electron chi connectivity index (χ2n) is 6.64. The van der Waals surface area contributed by atoms with Crippen LogP contribution in [-0.2, 0) is 5.75 Å². The zero-order valence-corrected chi connectivity index (χ0v) is 19.9. The number of halogens is 1. The molecule has 4 rings (SSSR count). The summed E-state index contributed by atoms with van der Waals surface area (Å²) in [5.41, 5.74) is 2.81. The molecule has 0 spiro atoms. The van der Waals surface area contributed by atoms with Crippen LogP contribution in [0.4, 0.5) is 11.4 Å². The van der Waals surface area contributed by atoms with Gasteiger partial charge in [0.2, 0.25) is 0 Å². The van der Waals surface area contributed by atoms with E-state index in [4.69, 9.17) is 4.74 Å². The minimum Gasteiger partial charge on any atom is -0.496 e. The maximum absolute atomic E-state index is 12.6. The Morgan fingerprint density at radius 3 is 2.78 bits per heavy atom. The number of rotatable bonds is 7. The van der Waals surface area contributed by atoms with Gasteiger partial charge in [0.1, 0.15) is 5.75 Å². The van der Waals surface area contributed by atoms with Gasteiger partial charge in [-0.3, -0.25) is 14.9 Å². The first-order chi connectivity index (χ1) is 15.4. The molecule has 0 bridgehead atoms. The molecule has 1 aromatic heterocycles. The number of non-ortho nitro benzene ring substituents is 1. The molecule has 1 N–H and O–H groups in total. The first-order valence-electron chi connectivity index (χ1n) is 9.35. The molecule has 0 aliphatic heterocycles. The van der Waals surface area contributed by atoms with Crippen molar-refractivity contribution < 1.29 is 14.5 Å². The van der Waals surface area contributed by atoms with Crippen molar-refractivity contribution in [3.8, 4) is 5.75 Å². The van der Waals surface area contributed by atoms with Crippen LogP contribution >= 0.6 is 39.0 Å². The van der Waals surface area contributed by atoms with Crippen molar-refractivity contribution in [1.82, 2.24) is 4.98 Å². The second-order valence-corrected chi connectivity index (χ2v) is 9.75. The largest absolute Gasteiger partial charge is 0.496 e. The normalized spacial score (nSPS) is 10.8. The fraction of sp³-hybridized carbons (Fsp3) is 0.0909. The minimum atomic E-state index is -0.422. The number of carbonyl (C=O) groups is 1. The van der Waals surface area contributed by atoms with Gasteiger partial charge in [0, 0.05) is 33.6 Å². The molecular weight excluding hydrogens is 514 g/mol. The molecule has 0 aliphatic carbocycles. The van der Waals surface area contributed by atoms with E-state index in [9.17, 15) is 14.9 Å². The standard InChI is InChI=1S/C22H16BrN3O4S2/c1-30-19-9-7-15(26(28)29)10-13(19)12-31-22-25-18-8-6-14(11-20(18)32-22)24-21(27)16-4-2-3-5-17(16)23/h2-11H,12H2,1H3,(H,24,27). The molecular formula is C22H16BrN3O4S2. The van der Waals surface area contributed by atoms with E-state index in [-0.39, 0.29) is 11.6 Å². The lowest BCUT2D eigenvalue weighted by Crippen LogP contribution is -2.12. The Bertz CT molecular complexity index is 1330. The fourth-order valence-electron chi connectivity index (χ4n) is 3.02. The predicted octanol–water partition coefficient (Wildman–Crippen LogP) is 6.52. The van der Waals surface area contributed by atoms with Crippen LogP contribution in [0.25, 0.3) is 10.2 Å². The number of nitrogens with zero attached hydrogens (tertiary/aromatic N) is 2. The number of fused-ring (bicyclic) bond motifs is 1. The highest BCUT2D eigenvalue weighted by atomic mass is 79.9. The third-order valence-corrected chi connectivity index (χ3v) is 7.47. The van der Waals surface area contributed by atoms with Crippen LogP contribution in [0.15, 0.2) is 69.5 Å². The van der Waals surface area contributed by atoms with E-state index >= 15 is 0 Å². The van der Waals surface area contributed by atoms with E-state index in [2.05, 4.69) is 26.2 Å². The van der Waals surface area contributed by atoms with Crippen molar-refractivity contribution in [3.63, 3.8) is 0 Å². The molecule has 0 atom stereocenters. The Hall–Kier alpha value is -2.95. The van der Waals surface area contributed by atoms with E-state index in [1.165, 1.54) is 42.3 Å². The van der Waals surface area contributed by atoms with Gasteiger partial charge in [-0.2, -0.15) is 0 Å². The van der Waals surface area contributed by atoms with Crippen molar-refractivity contribution in [2.24, 2.45) is 0 Å². The van der Waals surface area contributed by atoms with Gasteiger partial charge in [0.05, 0.1) is 27.8 Å². The highest BCUT2D eigenvalue weighted by Gasteiger charge is 2.14. The van der Waals surface area contributed by atoms with Crippen LogP contribution in [0.1, 0.15) is 15.9 Å². The first kappa shape index (κ1) is 22.3. The number of methoxy groups -OCH3 is 1. The van der Waals surface area contributed by atoms with Gasteiger partial charge in [0.25, 0.3) is 11.6 Å². The first-order valence-corrected chi connectivity index (χ1v) is 11.9. The summed E-state index contributed by atoms with van der Waals surface area (Å²) in [7, 11) is 1.54. The van der Waals surface area contributed by atoms with Gasteiger partial charge >= 0.3 is 0 Å². The SMILES string of the molecule is COc1ccc([N+](=O)[O-])cc1CSc1nc2ccc(NC(=O)c3ccccc3Br)cc2s1. The van der Waals surface area contributed by atoms with Gasteiger partial charge in [-0.05, 0) is 52.3 Å². The maximum Gasteiger partial charge on any atom is 0.270 e. The number of amides is 1. The minimum absolute atomic E-state index is 0.0242. The number of ether oxygens (including phenoxy) is 1. The van der Waals surface area contributed by atoms with E-state index in [1.54, 1.807) is 12.1 Å². The van der Waals surface area contributed by atoms with Gasteiger partial charge in [-0.1, -0.05) is 23.9 Å². The van der Waals surface area contributed by atoms with Crippen LogP contribution < -0.4 is 10.1 Å². The average molecular weight is 530 g/mol. The quantitative estimate of drug-likeness (QED) is 0.166. The number of hydrogen-bond acceptors (Lipinski definition) is 7. The lowest BCUT2D eigenvalue weighted by Gasteiger charge is -2.06. The van der Waals surface area contributed by atoms with E-state index in [0.717, 1.165) is 24.6 Å². The molecule has 0 radical (unpaired) electrons. The molecule has 0 saturated heterocycles. The molecule has 0 aliphatic rings. The van der Waals surface area contributed by atoms with Gasteiger partial charge in [0.15, 0.2) is 4.34 Å². The molecule has 32 heavy (non-hydrogen) atoms. The van der Waals surface area contributed by atoms with Gasteiger partial charge < -0.3 is 10.1 Å². The Morgan fingerprint density at radius 2 is 2.03 bits per heavy atom. The molecule has 1 heterocycles. The van der Waals surface area contributed by atoms with Crippen LogP contribution in [0.2, 0.25) is 0 Å². The van der Waals surface area contributed by atoms with E-state index < -0.39 is 4.92 Å². The lowest BCUT2D eigenvalue weighted by atomic mass is 10.2. The van der Waals surface area contributed by atoms with Crippen LogP contribution in [-0.4, -0.2) is 22.9 Å². The number of carbonyl (C=O) groups excluding carboxylic acids is 1. The van der Waals surface area contributed by atoms with Crippen molar-refractivity contribution in [2.75, 3.05) is 12.4 Å². The topological polar surface area (TPSA) is 94.4 Å². The third kappa shape index (κ3) is 4.93. The van der Waals surface area contributed by atoms with E-state index in [0.29, 0.717) is 22.8 Å². The van der Waals surface area contributed by atoms with Gasteiger partial charge in [-0.15, -0.1) is 11.3 Å². The van der Waals surface area contributed by atoms with Crippen molar-refractivity contribution in [2.45, 2.75) is 10.1 Å². The predicted molar refractivity (Wildman–Crippen MR) is 131 cm³/mol. The third-order valence-electron chi connectivity index (χ3n) is 4.57. The second kappa shape index (κ2) is 9.68. The molecule has 1 amide bonds. The summed E-state index contributed by atoms with van der Waals surface area (Å²) >= 11 is 6.37. The van der Waals surface area contributed by atoms with Gasteiger partial charge in [-0.25, -0.2) is 4.98 Å². The summed E-state index contributed by atoms with van der Waals surface area (Å²) < 4.78 is 7.81. The Kier molecular flexibility index (Phi) is 6.73. The highest BCUT2D eigenvalue weighted by Crippen LogP contribution is 2.35. The number of anilines is 1. The number of nitro groups is 1. The lowest BCUT2D eigenvalue weighted by molar-refractivity contribution is -0.384. The van der Waals surface area contributed by atoms with Crippen molar-refractivity contribution >= 4 is 66.5 Å². The molecule has 162 valence electrons. The maximum atomic E-state index is 12.6. The number of thioether (sulfide) groups is 1. The monoisotopic (exact) mass is 529 g/mol. The average Bonchev–Trinajstić information content (AvgIpc) is 3.19. The summed E-state index contributed by atoms with van der Waals surface area (Å²) in [6.07, 6.45) is 0. The summed E-state index contributed by atoms with van der Waals surface area (Å²) in [5, 5.41) is 14.0. The summed E-state index contributed by atoms with van der Waals surface area (Å²) in [6, 6.07) is 17.4. The number of hydrogen-bond donors (Lipinski definition) is 1. The molecule has 3 aromatic carbocycles. The zero-order valence-electron chi connectivity index (χ0n) is 16.7. The number of aromatic nitrogens is 1.